The van der Waals surface area contributed by atoms with Crippen LogP contribution in [0.5, 0.6) is 0 Å². The van der Waals surface area contributed by atoms with Gasteiger partial charge in [-0.2, -0.15) is 0 Å². The Labute approximate surface area is 124 Å². The highest BCUT2D eigenvalue weighted by Crippen LogP contribution is 2.30. The number of nitrogens with zero attached hydrogens (tertiary/aromatic N) is 3. The van der Waals surface area contributed by atoms with Crippen LogP contribution in [0.15, 0.2) is 11.2 Å². The molecule has 0 radical (unpaired) electrons. The van der Waals surface area contributed by atoms with Crippen molar-refractivity contribution in [3.63, 3.8) is 0 Å². The zero-order chi connectivity index (χ0) is 13.9. The standard InChI is InChI=1S/C14H23N5S/c1-3-15-12-8-13(18-14(17-12)20-2)16-11-9-19-6-4-10(11)5-7-19/h8,10-11H,3-7,9H2,1-2H3,(H2,15,16,17,18). The predicted octanol–water partition coefficient (Wildman–Crippen LogP) is 2.14. The van der Waals surface area contributed by atoms with Gasteiger partial charge in [-0.05, 0) is 45.0 Å². The van der Waals surface area contributed by atoms with Gasteiger partial charge in [-0.3, -0.25) is 0 Å². The van der Waals surface area contributed by atoms with Crippen LogP contribution in [0.1, 0.15) is 19.8 Å². The average Bonchev–Trinajstić information content (AvgIpc) is 2.48. The van der Waals surface area contributed by atoms with E-state index in [1.54, 1.807) is 11.8 Å². The van der Waals surface area contributed by atoms with Crippen molar-refractivity contribution in [2.75, 3.05) is 43.1 Å². The van der Waals surface area contributed by atoms with Gasteiger partial charge in [0, 0.05) is 25.2 Å². The summed E-state index contributed by atoms with van der Waals surface area (Å²) in [6, 6.07) is 2.57. The van der Waals surface area contributed by atoms with Crippen LogP contribution in [0.4, 0.5) is 11.6 Å². The van der Waals surface area contributed by atoms with Crippen LogP contribution in [0.2, 0.25) is 0 Å². The maximum Gasteiger partial charge on any atom is 0.191 e. The summed E-state index contributed by atoms with van der Waals surface area (Å²) in [6.07, 6.45) is 4.65. The lowest BCUT2D eigenvalue weighted by Crippen LogP contribution is -2.53. The lowest BCUT2D eigenvalue weighted by atomic mass is 9.84. The van der Waals surface area contributed by atoms with Gasteiger partial charge in [-0.15, -0.1) is 0 Å². The first-order valence-electron chi connectivity index (χ1n) is 7.44. The molecule has 3 saturated heterocycles. The molecule has 3 aliphatic rings. The molecule has 1 aromatic rings. The topological polar surface area (TPSA) is 53.1 Å². The predicted molar refractivity (Wildman–Crippen MR) is 84.6 cm³/mol. The summed E-state index contributed by atoms with van der Waals surface area (Å²) in [5.41, 5.74) is 0. The van der Waals surface area contributed by atoms with Gasteiger partial charge in [0.2, 0.25) is 0 Å². The molecule has 4 rings (SSSR count). The minimum Gasteiger partial charge on any atom is -0.370 e. The number of piperidine rings is 3. The average molecular weight is 293 g/mol. The van der Waals surface area contributed by atoms with Crippen LogP contribution in [-0.2, 0) is 0 Å². The molecule has 1 aromatic heterocycles. The summed E-state index contributed by atoms with van der Waals surface area (Å²) in [7, 11) is 0. The Morgan fingerprint density at radius 2 is 2.05 bits per heavy atom. The molecule has 4 heterocycles. The van der Waals surface area contributed by atoms with Crippen LogP contribution in [0, 0.1) is 5.92 Å². The number of hydrogen-bond donors (Lipinski definition) is 2. The second-order valence-corrected chi connectivity index (χ2v) is 6.32. The maximum atomic E-state index is 4.59. The van der Waals surface area contributed by atoms with E-state index >= 15 is 0 Å². The van der Waals surface area contributed by atoms with Crippen LogP contribution < -0.4 is 10.6 Å². The van der Waals surface area contributed by atoms with Gasteiger partial charge in [0.1, 0.15) is 11.6 Å². The molecule has 0 aromatic carbocycles. The van der Waals surface area contributed by atoms with E-state index < -0.39 is 0 Å². The largest absolute Gasteiger partial charge is 0.370 e. The second kappa shape index (κ2) is 6.18. The first kappa shape index (κ1) is 13.9. The molecule has 0 aliphatic carbocycles. The highest BCUT2D eigenvalue weighted by molar-refractivity contribution is 7.98. The van der Waals surface area contributed by atoms with E-state index in [1.807, 2.05) is 12.3 Å². The molecular weight excluding hydrogens is 270 g/mol. The summed E-state index contributed by atoms with van der Waals surface area (Å²) in [5, 5.41) is 7.74. The summed E-state index contributed by atoms with van der Waals surface area (Å²) in [6.45, 7) is 6.65. The van der Waals surface area contributed by atoms with Gasteiger partial charge in [-0.1, -0.05) is 11.8 Å². The minimum atomic E-state index is 0.539. The van der Waals surface area contributed by atoms with Crippen molar-refractivity contribution >= 4 is 23.4 Å². The molecule has 1 atom stereocenters. The van der Waals surface area contributed by atoms with Gasteiger partial charge in [0.15, 0.2) is 5.16 Å². The molecule has 2 bridgehead atoms. The minimum absolute atomic E-state index is 0.539. The summed E-state index contributed by atoms with van der Waals surface area (Å²) < 4.78 is 0. The SMILES string of the molecule is CCNc1cc(NC2CN3CCC2CC3)nc(SC)n1. The Kier molecular flexibility index (Phi) is 4.31. The first-order chi connectivity index (χ1) is 9.78. The van der Waals surface area contributed by atoms with Gasteiger partial charge in [-0.25, -0.2) is 9.97 Å². The summed E-state index contributed by atoms with van der Waals surface area (Å²) >= 11 is 1.59. The van der Waals surface area contributed by atoms with Gasteiger partial charge in [0.25, 0.3) is 0 Å². The summed E-state index contributed by atoms with van der Waals surface area (Å²) in [4.78, 5) is 11.6. The fourth-order valence-corrected chi connectivity index (χ4v) is 3.56. The number of hydrogen-bond acceptors (Lipinski definition) is 6. The lowest BCUT2D eigenvalue weighted by Gasteiger charge is -2.45. The van der Waals surface area contributed by atoms with Crippen molar-refractivity contribution in [3.05, 3.63) is 6.07 Å². The third-order valence-corrected chi connectivity index (χ3v) is 4.78. The van der Waals surface area contributed by atoms with E-state index in [0.29, 0.717) is 6.04 Å². The fourth-order valence-electron chi connectivity index (χ4n) is 3.18. The highest BCUT2D eigenvalue weighted by atomic mass is 32.2. The van der Waals surface area contributed by atoms with Crippen molar-refractivity contribution in [1.82, 2.24) is 14.9 Å². The zero-order valence-electron chi connectivity index (χ0n) is 12.2. The second-order valence-electron chi connectivity index (χ2n) is 5.54. The van der Waals surface area contributed by atoms with Crippen LogP contribution in [0.3, 0.4) is 0 Å². The number of anilines is 2. The molecule has 110 valence electrons. The first-order valence-corrected chi connectivity index (χ1v) is 8.66. The van der Waals surface area contributed by atoms with Crippen molar-refractivity contribution in [3.8, 4) is 0 Å². The number of fused-ring (bicyclic) bond motifs is 3. The van der Waals surface area contributed by atoms with Gasteiger partial charge < -0.3 is 15.5 Å². The molecule has 3 aliphatic heterocycles. The van der Waals surface area contributed by atoms with E-state index in [4.69, 9.17) is 0 Å². The normalized spacial score (nSPS) is 28.4. The number of aromatic nitrogens is 2. The van der Waals surface area contributed by atoms with E-state index in [2.05, 4.69) is 32.4 Å². The van der Waals surface area contributed by atoms with E-state index in [9.17, 15) is 0 Å². The zero-order valence-corrected chi connectivity index (χ0v) is 13.0. The Balaban J connectivity index is 1.74. The highest BCUT2D eigenvalue weighted by Gasteiger charge is 2.34. The smallest absolute Gasteiger partial charge is 0.191 e. The van der Waals surface area contributed by atoms with Crippen LogP contribution in [-0.4, -0.2) is 53.3 Å². The van der Waals surface area contributed by atoms with Crippen LogP contribution >= 0.6 is 11.8 Å². The van der Waals surface area contributed by atoms with E-state index in [-0.39, 0.29) is 0 Å². The molecule has 2 N–H and O–H groups in total. The molecule has 0 amide bonds. The molecule has 1 unspecified atom stereocenters. The number of nitrogens with one attached hydrogen (secondary N) is 2. The molecule has 0 saturated carbocycles. The fraction of sp³-hybridized carbons (Fsp3) is 0.714. The van der Waals surface area contributed by atoms with E-state index in [0.717, 1.165) is 35.8 Å². The molecule has 3 fully saturated rings. The lowest BCUT2D eigenvalue weighted by molar-refractivity contribution is 0.0973. The van der Waals surface area contributed by atoms with Crippen molar-refractivity contribution in [1.29, 1.82) is 0 Å². The molecule has 20 heavy (non-hydrogen) atoms. The Hall–Kier alpha value is -1.01. The van der Waals surface area contributed by atoms with Crippen molar-refractivity contribution < 1.29 is 0 Å². The maximum absolute atomic E-state index is 4.59. The molecule has 0 spiro atoms. The molecule has 5 nitrogen and oxygen atoms in total. The third kappa shape index (κ3) is 3.01. The van der Waals surface area contributed by atoms with Crippen LogP contribution in [0.25, 0.3) is 0 Å². The number of thioether (sulfide) groups is 1. The number of rotatable bonds is 5. The molecular formula is C14H23N5S. The van der Waals surface area contributed by atoms with Crippen molar-refractivity contribution in [2.24, 2.45) is 5.92 Å². The van der Waals surface area contributed by atoms with E-state index in [1.165, 1.54) is 25.9 Å². The Bertz CT molecular complexity index is 459. The van der Waals surface area contributed by atoms with Gasteiger partial charge >= 0.3 is 0 Å². The Morgan fingerprint density at radius 3 is 2.65 bits per heavy atom. The molecule has 6 heteroatoms. The van der Waals surface area contributed by atoms with Crippen molar-refractivity contribution in [2.45, 2.75) is 31.0 Å². The quantitative estimate of drug-likeness (QED) is 0.641. The third-order valence-electron chi connectivity index (χ3n) is 4.24. The monoisotopic (exact) mass is 293 g/mol. The Morgan fingerprint density at radius 1 is 1.30 bits per heavy atom. The van der Waals surface area contributed by atoms with Gasteiger partial charge in [0.05, 0.1) is 0 Å². The summed E-state index contributed by atoms with van der Waals surface area (Å²) in [5.74, 6) is 2.67.